The molecule has 2 aliphatic rings. The van der Waals surface area contributed by atoms with E-state index in [1.54, 1.807) is 0 Å². The first-order valence-electron chi connectivity index (χ1n) is 21.2. The van der Waals surface area contributed by atoms with Crippen molar-refractivity contribution >= 4 is 49.6 Å². The highest BCUT2D eigenvalue weighted by Gasteiger charge is 2.51. The maximum absolute atomic E-state index is 2.47. The zero-order valence-electron chi connectivity index (χ0n) is 33.3. The van der Waals surface area contributed by atoms with Crippen molar-refractivity contribution in [3.63, 3.8) is 0 Å². The van der Waals surface area contributed by atoms with Gasteiger partial charge in [0.05, 0.1) is 16.4 Å². The molecule has 2 aliphatic carbocycles. The van der Waals surface area contributed by atoms with Crippen molar-refractivity contribution in [1.82, 2.24) is 4.57 Å². The van der Waals surface area contributed by atoms with Gasteiger partial charge in [0.2, 0.25) is 0 Å². The van der Waals surface area contributed by atoms with E-state index < -0.39 is 5.41 Å². The Balaban J connectivity index is 0.997. The maximum atomic E-state index is 2.47. The van der Waals surface area contributed by atoms with E-state index in [-0.39, 0.29) is 0 Å². The first-order chi connectivity index (χ1) is 30.3. The molecule has 0 N–H and O–H groups in total. The fraction of sp³-hybridized carbons (Fsp3) is 0.0169. The molecule has 0 bridgehead atoms. The molecule has 0 saturated carbocycles. The molecule has 1 heterocycles. The molecule has 0 saturated heterocycles. The highest BCUT2D eigenvalue weighted by Crippen LogP contribution is 2.63. The van der Waals surface area contributed by atoms with Crippen molar-refractivity contribution < 1.29 is 0 Å². The fourth-order valence-electron chi connectivity index (χ4n) is 11.0. The van der Waals surface area contributed by atoms with Gasteiger partial charge >= 0.3 is 0 Å². The summed E-state index contributed by atoms with van der Waals surface area (Å²) >= 11 is 0. The summed E-state index contributed by atoms with van der Waals surface area (Å²) in [6.45, 7) is 0. The van der Waals surface area contributed by atoms with E-state index in [1.807, 2.05) is 0 Å². The minimum absolute atomic E-state index is 0.414. The first kappa shape index (κ1) is 34.0. The Bertz CT molecular complexity index is 3460. The van der Waals surface area contributed by atoms with Crippen LogP contribution in [0.2, 0.25) is 0 Å². The predicted molar refractivity (Wildman–Crippen MR) is 255 cm³/mol. The SMILES string of the molecule is c1ccc(-c2cccc3ccc4c(c5ccccc5n4-c4ccc(N(c5ccccc5)c5ccc6c(c5)C5(c7ccccc7-c7ccccc75)c5ccccc5-6)cc4)c23)cc1. The molecule has 2 nitrogen and oxygen atoms in total. The van der Waals surface area contributed by atoms with Crippen LogP contribution in [-0.2, 0) is 5.41 Å². The van der Waals surface area contributed by atoms with Crippen LogP contribution in [0.15, 0.2) is 231 Å². The zero-order chi connectivity index (χ0) is 40.1. The number of para-hydroxylation sites is 2. The maximum Gasteiger partial charge on any atom is 0.0726 e. The van der Waals surface area contributed by atoms with Crippen LogP contribution in [0.5, 0.6) is 0 Å². The third-order valence-corrected chi connectivity index (χ3v) is 13.4. The molecule has 0 amide bonds. The van der Waals surface area contributed by atoms with Gasteiger partial charge < -0.3 is 9.47 Å². The van der Waals surface area contributed by atoms with Crippen molar-refractivity contribution in [2.24, 2.45) is 0 Å². The first-order valence-corrected chi connectivity index (χ1v) is 21.2. The molecular weight excluding hydrogens is 737 g/mol. The van der Waals surface area contributed by atoms with E-state index in [0.29, 0.717) is 0 Å². The van der Waals surface area contributed by atoms with Crippen molar-refractivity contribution in [2.75, 3.05) is 4.90 Å². The van der Waals surface area contributed by atoms with Gasteiger partial charge in [-0.1, -0.05) is 170 Å². The van der Waals surface area contributed by atoms with Crippen LogP contribution >= 0.6 is 0 Å². The van der Waals surface area contributed by atoms with E-state index in [1.165, 1.54) is 88.2 Å². The van der Waals surface area contributed by atoms with Gasteiger partial charge in [-0.3, -0.25) is 0 Å². The monoisotopic (exact) mass is 774 g/mol. The molecule has 1 spiro atoms. The summed E-state index contributed by atoms with van der Waals surface area (Å²) in [5.74, 6) is 0. The normalized spacial score (nSPS) is 13.0. The van der Waals surface area contributed by atoms with E-state index >= 15 is 0 Å². The Kier molecular flexibility index (Phi) is 7.26. The molecule has 13 rings (SSSR count). The molecular formula is C59H38N2. The molecule has 2 heteroatoms. The fourth-order valence-corrected chi connectivity index (χ4v) is 11.0. The topological polar surface area (TPSA) is 8.17 Å². The summed E-state index contributed by atoms with van der Waals surface area (Å²) in [5.41, 5.74) is 19.5. The Morgan fingerprint density at radius 3 is 1.56 bits per heavy atom. The second-order valence-electron chi connectivity index (χ2n) is 16.4. The van der Waals surface area contributed by atoms with Crippen LogP contribution in [0.1, 0.15) is 22.3 Å². The highest BCUT2D eigenvalue weighted by atomic mass is 15.1. The Hall–Kier alpha value is -7.94. The Labute approximate surface area is 354 Å². The third-order valence-electron chi connectivity index (χ3n) is 13.4. The number of nitrogens with zero attached hydrogens (tertiary/aromatic N) is 2. The van der Waals surface area contributed by atoms with Gasteiger partial charge in [0.15, 0.2) is 0 Å². The average molecular weight is 775 g/mol. The quantitative estimate of drug-likeness (QED) is 0.169. The van der Waals surface area contributed by atoms with Gasteiger partial charge in [-0.15, -0.1) is 0 Å². The second-order valence-corrected chi connectivity index (χ2v) is 16.4. The number of anilines is 3. The number of benzene rings is 10. The van der Waals surface area contributed by atoms with E-state index in [9.17, 15) is 0 Å². The van der Waals surface area contributed by atoms with Crippen LogP contribution in [0.3, 0.4) is 0 Å². The third kappa shape index (κ3) is 4.73. The Morgan fingerprint density at radius 2 is 0.869 bits per heavy atom. The van der Waals surface area contributed by atoms with Crippen molar-refractivity contribution in [3.8, 4) is 39.1 Å². The lowest BCUT2D eigenvalue weighted by molar-refractivity contribution is 0.793. The average Bonchev–Trinajstić information content (AvgIpc) is 3.94. The molecule has 10 aromatic carbocycles. The molecule has 0 aliphatic heterocycles. The highest BCUT2D eigenvalue weighted by molar-refractivity contribution is 6.25. The largest absolute Gasteiger partial charge is 0.310 e. The van der Waals surface area contributed by atoms with E-state index in [0.717, 1.165) is 22.7 Å². The molecule has 61 heavy (non-hydrogen) atoms. The molecule has 11 aromatic rings. The van der Waals surface area contributed by atoms with E-state index in [4.69, 9.17) is 0 Å². The van der Waals surface area contributed by atoms with Gasteiger partial charge in [-0.25, -0.2) is 0 Å². The summed E-state index contributed by atoms with van der Waals surface area (Å²) in [6, 6.07) is 85.1. The molecule has 284 valence electrons. The van der Waals surface area contributed by atoms with Gasteiger partial charge in [0.1, 0.15) is 0 Å². The summed E-state index contributed by atoms with van der Waals surface area (Å²) in [6.07, 6.45) is 0. The van der Waals surface area contributed by atoms with Crippen LogP contribution in [0, 0.1) is 0 Å². The lowest BCUT2D eigenvalue weighted by Gasteiger charge is -2.32. The summed E-state index contributed by atoms with van der Waals surface area (Å²) in [4.78, 5) is 2.42. The van der Waals surface area contributed by atoms with Crippen LogP contribution in [0.25, 0.3) is 71.6 Å². The molecule has 0 fully saturated rings. The number of aromatic nitrogens is 1. The van der Waals surface area contributed by atoms with Gasteiger partial charge in [-0.2, -0.15) is 0 Å². The minimum atomic E-state index is -0.414. The van der Waals surface area contributed by atoms with Crippen molar-refractivity contribution in [1.29, 1.82) is 0 Å². The summed E-state index contributed by atoms with van der Waals surface area (Å²) in [7, 11) is 0. The van der Waals surface area contributed by atoms with Crippen LogP contribution in [-0.4, -0.2) is 4.57 Å². The van der Waals surface area contributed by atoms with Gasteiger partial charge in [0.25, 0.3) is 0 Å². The second kappa shape index (κ2) is 13.0. The number of rotatable bonds is 5. The number of hydrogen-bond donors (Lipinski definition) is 0. The van der Waals surface area contributed by atoms with Gasteiger partial charge in [-0.05, 0) is 127 Å². The molecule has 0 unspecified atom stereocenters. The lowest BCUT2D eigenvalue weighted by atomic mass is 9.70. The molecule has 0 radical (unpaired) electrons. The number of fused-ring (bicyclic) bond motifs is 15. The minimum Gasteiger partial charge on any atom is -0.310 e. The van der Waals surface area contributed by atoms with Crippen LogP contribution < -0.4 is 4.90 Å². The molecule has 0 atom stereocenters. The summed E-state index contributed by atoms with van der Waals surface area (Å²) < 4.78 is 2.44. The van der Waals surface area contributed by atoms with E-state index in [2.05, 4.69) is 240 Å². The smallest absolute Gasteiger partial charge is 0.0726 e. The molecule has 1 aromatic heterocycles. The number of hydrogen-bond acceptors (Lipinski definition) is 1. The van der Waals surface area contributed by atoms with Crippen LogP contribution in [0.4, 0.5) is 17.1 Å². The van der Waals surface area contributed by atoms with Crippen molar-refractivity contribution in [2.45, 2.75) is 5.41 Å². The standard InChI is InChI=1S/C59H38N2/c1-3-16-39(17-4-1)45-25-15-18-40-30-37-56-58(57(40)45)50-24-10-14-29-55(50)61(56)43-33-31-42(32-34-43)60(41-19-5-2-6-20-41)44-35-36-49-48-23-9-13-28-53(48)59(54(49)38-44)51-26-11-7-21-46(51)47-22-8-12-27-52(47)59/h1-38H. The summed E-state index contributed by atoms with van der Waals surface area (Å²) in [5, 5.41) is 5.07. The zero-order valence-corrected chi connectivity index (χ0v) is 33.3. The Morgan fingerprint density at radius 1 is 0.328 bits per heavy atom. The predicted octanol–water partition coefficient (Wildman–Crippen LogP) is 15.4. The lowest BCUT2D eigenvalue weighted by Crippen LogP contribution is -2.26. The van der Waals surface area contributed by atoms with Gasteiger partial charge in [0, 0.05) is 33.5 Å². The van der Waals surface area contributed by atoms with Crippen molar-refractivity contribution in [3.05, 3.63) is 253 Å².